The second kappa shape index (κ2) is 7.39. The Kier molecular flexibility index (Phi) is 5.07. The number of fused-ring (bicyclic) bond motifs is 5. The molecule has 30 heavy (non-hydrogen) atoms. The van der Waals surface area contributed by atoms with E-state index in [1.54, 1.807) is 0 Å². The molecule has 0 bridgehead atoms. The molecule has 5 aliphatic rings. The zero-order chi connectivity index (χ0) is 21.1. The third-order valence-electron chi connectivity index (χ3n) is 9.65. The van der Waals surface area contributed by atoms with Crippen LogP contribution < -0.4 is 5.32 Å². The lowest BCUT2D eigenvalue weighted by Gasteiger charge is -2.59. The zero-order valence-electron chi connectivity index (χ0n) is 18.2. The van der Waals surface area contributed by atoms with Gasteiger partial charge in [0.1, 0.15) is 11.9 Å². The number of nitrogens with one attached hydrogen (secondary N) is 1. The van der Waals surface area contributed by atoms with Gasteiger partial charge in [-0.1, -0.05) is 19.0 Å². The third-order valence-corrected chi connectivity index (χ3v) is 9.65. The Morgan fingerprint density at radius 3 is 2.67 bits per heavy atom. The molecule has 1 heterocycles. The first kappa shape index (κ1) is 20.6. The summed E-state index contributed by atoms with van der Waals surface area (Å²) in [5, 5.41) is 7.69. The summed E-state index contributed by atoms with van der Waals surface area (Å²) in [6.45, 7) is 6.11. The number of halogens is 2. The molecule has 1 aliphatic heterocycles. The summed E-state index contributed by atoms with van der Waals surface area (Å²) in [5.74, 6) is 1.12. The molecule has 5 rings (SSSR count). The molecule has 4 nitrogen and oxygen atoms in total. The lowest BCUT2D eigenvalue weighted by molar-refractivity contribution is -0.134. The van der Waals surface area contributed by atoms with Crippen LogP contribution in [0.15, 0.2) is 16.8 Å². The molecule has 5 fully saturated rings. The Balaban J connectivity index is 1.42. The molecule has 4 saturated carbocycles. The van der Waals surface area contributed by atoms with Gasteiger partial charge in [-0.3, -0.25) is 4.79 Å². The second-order valence-electron chi connectivity index (χ2n) is 10.9. The fourth-order valence-corrected chi connectivity index (χ4v) is 7.84. The number of Topliss-reactive ketones (excluding diaryl/α,β-unsaturated/α-hetero) is 1. The van der Waals surface area contributed by atoms with Gasteiger partial charge in [-0.25, -0.2) is 0 Å². The standard InChI is InChI=1S/C24H34F2N2O2/c1-23-8-5-14(28-30-15-7-10-27-13-15)11-20(23)17(22(25)26)12-16-18-3-4-21(29)24(18,2)9-6-19(16)23/h15-16,18-20,27H,3-13H2,1-2H3/t15-,16+,18+,19+,20?,23-,24+/m1/s1. The van der Waals surface area contributed by atoms with E-state index in [2.05, 4.69) is 24.3 Å². The van der Waals surface area contributed by atoms with Crippen molar-refractivity contribution in [2.45, 2.75) is 77.7 Å². The highest BCUT2D eigenvalue weighted by Gasteiger charge is 2.61. The lowest BCUT2D eigenvalue weighted by Crippen LogP contribution is -2.54. The van der Waals surface area contributed by atoms with Gasteiger partial charge in [0.05, 0.1) is 5.71 Å². The molecule has 4 aliphatic carbocycles. The van der Waals surface area contributed by atoms with E-state index in [0.29, 0.717) is 36.5 Å². The van der Waals surface area contributed by atoms with Crippen LogP contribution in [0.1, 0.15) is 71.6 Å². The Labute approximate surface area is 177 Å². The SMILES string of the molecule is C[C@]12CCC(=NO[C@@H]3CCNC3)CC1C(=C(F)F)C[C@@H]1[C@@H]2CC[C@]2(C)C(=O)CC[C@@H]12. The normalized spacial score (nSPS) is 47.1. The average molecular weight is 421 g/mol. The van der Waals surface area contributed by atoms with Gasteiger partial charge < -0.3 is 10.2 Å². The van der Waals surface area contributed by atoms with Gasteiger partial charge in [-0.15, -0.1) is 0 Å². The summed E-state index contributed by atoms with van der Waals surface area (Å²) >= 11 is 0. The third kappa shape index (κ3) is 3.08. The van der Waals surface area contributed by atoms with Crippen LogP contribution in [0.5, 0.6) is 0 Å². The van der Waals surface area contributed by atoms with Crippen molar-refractivity contribution < 1.29 is 18.4 Å². The maximum atomic E-state index is 14.2. The molecule has 0 aromatic rings. The molecule has 0 spiro atoms. The fourth-order valence-electron chi connectivity index (χ4n) is 7.84. The van der Waals surface area contributed by atoms with E-state index in [4.69, 9.17) is 4.84 Å². The highest BCUT2D eigenvalue weighted by molar-refractivity contribution is 5.87. The van der Waals surface area contributed by atoms with Gasteiger partial charge in [-0.2, -0.15) is 8.78 Å². The number of rotatable bonds is 2. The van der Waals surface area contributed by atoms with Crippen molar-refractivity contribution in [2.24, 2.45) is 39.7 Å². The number of carbonyl (C=O) groups is 1. The minimum atomic E-state index is -1.50. The Hall–Kier alpha value is -1.30. The van der Waals surface area contributed by atoms with Crippen LogP contribution in [0.2, 0.25) is 0 Å². The Morgan fingerprint density at radius 2 is 1.93 bits per heavy atom. The molecule has 1 N–H and O–H groups in total. The molecule has 6 heteroatoms. The predicted molar refractivity (Wildman–Crippen MR) is 111 cm³/mol. The van der Waals surface area contributed by atoms with E-state index in [1.807, 2.05) is 0 Å². The monoisotopic (exact) mass is 420 g/mol. The van der Waals surface area contributed by atoms with Crippen molar-refractivity contribution >= 4 is 11.5 Å². The Morgan fingerprint density at radius 1 is 1.10 bits per heavy atom. The number of nitrogens with zero attached hydrogens (tertiary/aromatic N) is 1. The van der Waals surface area contributed by atoms with Gasteiger partial charge in [0.2, 0.25) is 0 Å². The van der Waals surface area contributed by atoms with Gasteiger partial charge >= 0.3 is 0 Å². The number of ketones is 1. The molecular formula is C24H34F2N2O2. The van der Waals surface area contributed by atoms with Crippen molar-refractivity contribution in [3.8, 4) is 0 Å². The number of hydrogen-bond donors (Lipinski definition) is 1. The average Bonchev–Trinajstić information content (AvgIpc) is 3.34. The Bertz CT molecular complexity index is 786. The van der Waals surface area contributed by atoms with E-state index >= 15 is 0 Å². The first-order valence-electron chi connectivity index (χ1n) is 11.8. The lowest BCUT2D eigenvalue weighted by atomic mass is 9.44. The van der Waals surface area contributed by atoms with Crippen molar-refractivity contribution in [1.29, 1.82) is 0 Å². The minimum Gasteiger partial charge on any atom is -0.391 e. The number of carbonyl (C=O) groups excluding carboxylic acids is 1. The molecule has 0 aromatic carbocycles. The zero-order valence-corrected chi connectivity index (χ0v) is 18.2. The molecule has 0 aromatic heterocycles. The van der Waals surface area contributed by atoms with E-state index in [9.17, 15) is 13.6 Å². The molecular weight excluding hydrogens is 386 g/mol. The maximum absolute atomic E-state index is 14.2. The van der Waals surface area contributed by atoms with Crippen LogP contribution in [0.3, 0.4) is 0 Å². The summed E-state index contributed by atoms with van der Waals surface area (Å²) in [7, 11) is 0. The van der Waals surface area contributed by atoms with Crippen LogP contribution >= 0.6 is 0 Å². The molecule has 7 atom stereocenters. The molecule has 1 unspecified atom stereocenters. The molecule has 0 amide bonds. The van der Waals surface area contributed by atoms with Crippen molar-refractivity contribution in [3.05, 3.63) is 11.7 Å². The number of hydrogen-bond acceptors (Lipinski definition) is 4. The van der Waals surface area contributed by atoms with Crippen LogP contribution in [-0.4, -0.2) is 30.7 Å². The quantitative estimate of drug-likeness (QED) is 0.633. The van der Waals surface area contributed by atoms with E-state index in [-0.39, 0.29) is 34.7 Å². The predicted octanol–water partition coefficient (Wildman–Crippen LogP) is 5.09. The summed E-state index contributed by atoms with van der Waals surface area (Å²) < 4.78 is 28.5. The summed E-state index contributed by atoms with van der Waals surface area (Å²) in [5.41, 5.74) is 0.866. The smallest absolute Gasteiger partial charge is 0.269 e. The summed E-state index contributed by atoms with van der Waals surface area (Å²) in [6, 6.07) is 0. The second-order valence-corrected chi connectivity index (χ2v) is 10.9. The van der Waals surface area contributed by atoms with Gasteiger partial charge in [0.25, 0.3) is 6.08 Å². The van der Waals surface area contributed by atoms with Crippen LogP contribution in [0.4, 0.5) is 8.78 Å². The summed E-state index contributed by atoms with van der Waals surface area (Å²) in [6.07, 6.45) is 5.76. The van der Waals surface area contributed by atoms with Crippen molar-refractivity contribution in [2.75, 3.05) is 13.1 Å². The van der Waals surface area contributed by atoms with Crippen LogP contribution in [0.25, 0.3) is 0 Å². The molecule has 1 saturated heterocycles. The number of oxime groups is 1. The first-order valence-corrected chi connectivity index (χ1v) is 11.8. The topological polar surface area (TPSA) is 50.7 Å². The van der Waals surface area contributed by atoms with Gasteiger partial charge in [0.15, 0.2) is 0 Å². The van der Waals surface area contributed by atoms with E-state index < -0.39 is 6.08 Å². The maximum Gasteiger partial charge on any atom is 0.269 e. The number of allylic oxidation sites excluding steroid dienone is 1. The van der Waals surface area contributed by atoms with Gasteiger partial charge in [-0.05, 0) is 86.2 Å². The van der Waals surface area contributed by atoms with Crippen LogP contribution in [0, 0.1) is 34.5 Å². The minimum absolute atomic E-state index is 0.102. The van der Waals surface area contributed by atoms with E-state index in [0.717, 1.165) is 57.3 Å². The molecule has 0 radical (unpaired) electrons. The fraction of sp³-hybridized carbons (Fsp3) is 0.833. The van der Waals surface area contributed by atoms with Gasteiger partial charge in [0, 0.05) is 24.8 Å². The molecule has 166 valence electrons. The highest BCUT2D eigenvalue weighted by atomic mass is 19.3. The first-order chi connectivity index (χ1) is 14.3. The van der Waals surface area contributed by atoms with E-state index in [1.165, 1.54) is 0 Å². The van der Waals surface area contributed by atoms with Crippen molar-refractivity contribution in [1.82, 2.24) is 5.32 Å². The van der Waals surface area contributed by atoms with Crippen LogP contribution in [-0.2, 0) is 9.63 Å². The van der Waals surface area contributed by atoms with Crippen molar-refractivity contribution in [3.63, 3.8) is 0 Å². The highest BCUT2D eigenvalue weighted by Crippen LogP contribution is 2.66. The summed E-state index contributed by atoms with van der Waals surface area (Å²) in [4.78, 5) is 18.3. The largest absolute Gasteiger partial charge is 0.391 e.